The summed E-state index contributed by atoms with van der Waals surface area (Å²) >= 11 is 0. The Hall–Kier alpha value is -0.830. The largest absolute Gasteiger partial charge is 0.375 e. The summed E-state index contributed by atoms with van der Waals surface area (Å²) in [7, 11) is 1.72. The molecule has 1 unspecified atom stereocenters. The lowest BCUT2D eigenvalue weighted by Crippen LogP contribution is -2.10. The second kappa shape index (κ2) is 3.72. The average molecular weight is 168 g/mol. The average Bonchev–Trinajstić information content (AvgIpc) is 2.38. The van der Waals surface area contributed by atoms with Crippen molar-refractivity contribution in [1.29, 1.82) is 0 Å². The van der Waals surface area contributed by atoms with Crippen LogP contribution in [0.5, 0.6) is 0 Å². The van der Waals surface area contributed by atoms with Gasteiger partial charge in [-0.2, -0.15) is 0 Å². The number of aromatic amines is 1. The number of H-pyrrole nitrogens is 1. The van der Waals surface area contributed by atoms with Gasteiger partial charge in [0, 0.05) is 12.8 Å². The molecule has 0 aliphatic rings. The van der Waals surface area contributed by atoms with Crippen molar-refractivity contribution < 1.29 is 4.74 Å². The van der Waals surface area contributed by atoms with Gasteiger partial charge in [-0.3, -0.25) is 0 Å². The first-order valence-corrected chi connectivity index (χ1v) is 4.19. The Morgan fingerprint density at radius 1 is 1.50 bits per heavy atom. The van der Waals surface area contributed by atoms with Crippen molar-refractivity contribution in [3.63, 3.8) is 0 Å². The summed E-state index contributed by atoms with van der Waals surface area (Å²) in [5.74, 6) is 0.456. The molecule has 0 aromatic carbocycles. The molecule has 0 bridgehead atoms. The maximum absolute atomic E-state index is 5.35. The predicted octanol–water partition coefficient (Wildman–Crippen LogP) is 2.06. The molecule has 0 radical (unpaired) electrons. The van der Waals surface area contributed by atoms with E-state index in [0.29, 0.717) is 5.92 Å². The van der Waals surface area contributed by atoms with Crippen molar-refractivity contribution in [3.8, 4) is 0 Å². The minimum absolute atomic E-state index is 0.108. The molecule has 1 aromatic heterocycles. The maximum Gasteiger partial charge on any atom is 0.103 e. The van der Waals surface area contributed by atoms with Crippen LogP contribution in [0, 0.1) is 12.8 Å². The quantitative estimate of drug-likeness (QED) is 0.750. The van der Waals surface area contributed by atoms with Crippen LogP contribution in [0.1, 0.15) is 31.3 Å². The number of rotatable bonds is 3. The second-order valence-electron chi connectivity index (χ2n) is 3.31. The minimum Gasteiger partial charge on any atom is -0.375 e. The lowest BCUT2D eigenvalue weighted by Gasteiger charge is -2.17. The molecule has 12 heavy (non-hydrogen) atoms. The molecular formula is C9H16N2O. The van der Waals surface area contributed by atoms with Crippen molar-refractivity contribution in [2.24, 2.45) is 5.92 Å². The Bertz CT molecular complexity index is 242. The second-order valence-corrected chi connectivity index (χ2v) is 3.31. The molecule has 1 rings (SSSR count). The topological polar surface area (TPSA) is 37.9 Å². The highest BCUT2D eigenvalue weighted by molar-refractivity contribution is 5.12. The molecule has 3 heteroatoms. The van der Waals surface area contributed by atoms with Crippen molar-refractivity contribution in [2.45, 2.75) is 26.9 Å². The van der Waals surface area contributed by atoms with E-state index in [1.807, 2.05) is 6.92 Å². The summed E-state index contributed by atoms with van der Waals surface area (Å²) in [5.41, 5.74) is 2.11. The van der Waals surface area contributed by atoms with Crippen LogP contribution in [0.3, 0.4) is 0 Å². The van der Waals surface area contributed by atoms with E-state index in [-0.39, 0.29) is 6.10 Å². The van der Waals surface area contributed by atoms with Crippen molar-refractivity contribution in [3.05, 3.63) is 17.7 Å². The first-order valence-electron chi connectivity index (χ1n) is 4.19. The number of aromatic nitrogens is 2. The fraction of sp³-hybridized carbons (Fsp3) is 0.667. The zero-order valence-electron chi connectivity index (χ0n) is 8.09. The van der Waals surface area contributed by atoms with Crippen LogP contribution in [0.15, 0.2) is 6.33 Å². The number of imidazole rings is 1. The molecule has 1 aromatic rings. The summed E-state index contributed by atoms with van der Waals surface area (Å²) in [6, 6.07) is 0. The number of aryl methyl sites for hydroxylation is 1. The summed E-state index contributed by atoms with van der Waals surface area (Å²) in [6.07, 6.45) is 1.82. The highest BCUT2D eigenvalue weighted by Crippen LogP contribution is 2.24. The molecule has 0 aliphatic heterocycles. The molecule has 1 N–H and O–H groups in total. The van der Waals surface area contributed by atoms with Crippen LogP contribution in [0.4, 0.5) is 0 Å². The minimum atomic E-state index is 0.108. The van der Waals surface area contributed by atoms with E-state index < -0.39 is 0 Å². The molecule has 3 nitrogen and oxygen atoms in total. The van der Waals surface area contributed by atoms with Gasteiger partial charge in [0.15, 0.2) is 0 Å². The number of ether oxygens (including phenoxy) is 1. The van der Waals surface area contributed by atoms with E-state index in [9.17, 15) is 0 Å². The normalized spacial score (nSPS) is 13.8. The third kappa shape index (κ3) is 1.67. The predicted molar refractivity (Wildman–Crippen MR) is 47.9 cm³/mol. The van der Waals surface area contributed by atoms with Crippen LogP contribution in [0.2, 0.25) is 0 Å². The summed E-state index contributed by atoms with van der Waals surface area (Å²) in [4.78, 5) is 7.27. The van der Waals surface area contributed by atoms with Gasteiger partial charge in [-0.1, -0.05) is 13.8 Å². The van der Waals surface area contributed by atoms with Gasteiger partial charge in [0.05, 0.1) is 12.0 Å². The van der Waals surface area contributed by atoms with Gasteiger partial charge >= 0.3 is 0 Å². The maximum atomic E-state index is 5.35. The Balaban J connectivity index is 2.87. The third-order valence-corrected chi connectivity index (χ3v) is 2.00. The van der Waals surface area contributed by atoms with Gasteiger partial charge in [0.2, 0.25) is 0 Å². The third-order valence-electron chi connectivity index (χ3n) is 2.00. The molecule has 0 aliphatic carbocycles. The van der Waals surface area contributed by atoms with E-state index in [1.54, 1.807) is 13.4 Å². The first-order chi connectivity index (χ1) is 5.66. The molecular weight excluding hydrogens is 152 g/mol. The molecule has 68 valence electrons. The van der Waals surface area contributed by atoms with Gasteiger partial charge in [-0.25, -0.2) is 4.98 Å². The Labute approximate surface area is 73.2 Å². The fourth-order valence-corrected chi connectivity index (χ4v) is 1.36. The molecule has 0 saturated heterocycles. The van der Waals surface area contributed by atoms with Crippen molar-refractivity contribution in [1.82, 2.24) is 9.97 Å². The Morgan fingerprint density at radius 2 is 2.17 bits per heavy atom. The van der Waals surface area contributed by atoms with Crippen LogP contribution >= 0.6 is 0 Å². The van der Waals surface area contributed by atoms with Crippen LogP contribution in [0.25, 0.3) is 0 Å². The fourth-order valence-electron chi connectivity index (χ4n) is 1.36. The van der Waals surface area contributed by atoms with Crippen molar-refractivity contribution in [2.75, 3.05) is 7.11 Å². The Morgan fingerprint density at radius 3 is 2.50 bits per heavy atom. The number of nitrogens with one attached hydrogen (secondary N) is 1. The number of hydrogen-bond donors (Lipinski definition) is 1. The monoisotopic (exact) mass is 168 g/mol. The molecule has 0 fully saturated rings. The molecule has 0 saturated carbocycles. The number of hydrogen-bond acceptors (Lipinski definition) is 2. The highest BCUT2D eigenvalue weighted by atomic mass is 16.5. The zero-order chi connectivity index (χ0) is 9.14. The zero-order valence-corrected chi connectivity index (χ0v) is 8.09. The van der Waals surface area contributed by atoms with Crippen LogP contribution < -0.4 is 0 Å². The van der Waals surface area contributed by atoms with E-state index in [2.05, 4.69) is 23.8 Å². The molecule has 1 heterocycles. The van der Waals surface area contributed by atoms with Gasteiger partial charge in [0.25, 0.3) is 0 Å². The van der Waals surface area contributed by atoms with Gasteiger partial charge in [-0.05, 0) is 12.8 Å². The molecule has 0 spiro atoms. The van der Waals surface area contributed by atoms with Crippen LogP contribution in [-0.4, -0.2) is 17.1 Å². The number of nitrogens with zero attached hydrogens (tertiary/aromatic N) is 1. The standard InChI is InChI=1S/C9H16N2O/c1-6(2)9(12-4)8-7(3)10-5-11-8/h5-6,9H,1-4H3,(H,10,11). The summed E-state index contributed by atoms with van der Waals surface area (Å²) in [5, 5.41) is 0. The molecule has 1 atom stereocenters. The van der Waals surface area contributed by atoms with E-state index in [0.717, 1.165) is 11.4 Å². The van der Waals surface area contributed by atoms with Gasteiger partial charge in [-0.15, -0.1) is 0 Å². The first kappa shape index (κ1) is 9.26. The lowest BCUT2D eigenvalue weighted by atomic mass is 10.0. The summed E-state index contributed by atoms with van der Waals surface area (Å²) in [6.45, 7) is 6.27. The van der Waals surface area contributed by atoms with E-state index >= 15 is 0 Å². The van der Waals surface area contributed by atoms with Gasteiger partial charge < -0.3 is 9.72 Å². The van der Waals surface area contributed by atoms with Crippen LogP contribution in [-0.2, 0) is 4.74 Å². The SMILES string of the molecule is COC(c1nc[nH]c1C)C(C)C. The number of methoxy groups -OCH3 is 1. The smallest absolute Gasteiger partial charge is 0.103 e. The Kier molecular flexibility index (Phi) is 2.87. The summed E-state index contributed by atoms with van der Waals surface area (Å²) < 4.78 is 5.35. The highest BCUT2D eigenvalue weighted by Gasteiger charge is 2.18. The molecule has 0 amide bonds. The van der Waals surface area contributed by atoms with Crippen molar-refractivity contribution >= 4 is 0 Å². The van der Waals surface area contributed by atoms with E-state index in [4.69, 9.17) is 4.74 Å². The van der Waals surface area contributed by atoms with E-state index in [1.165, 1.54) is 0 Å². The lowest BCUT2D eigenvalue weighted by molar-refractivity contribution is 0.0610. The van der Waals surface area contributed by atoms with Gasteiger partial charge in [0.1, 0.15) is 6.10 Å².